The van der Waals surface area contributed by atoms with Crippen LogP contribution in [0.4, 0.5) is 0 Å². The second-order valence-electron chi connectivity index (χ2n) is 6.76. The monoisotopic (exact) mass is 302 g/mol. The number of carbonyl (C=O) groups is 1. The van der Waals surface area contributed by atoms with E-state index in [1.54, 1.807) is 14.0 Å². The molecule has 0 spiro atoms. The van der Waals surface area contributed by atoms with Gasteiger partial charge in [0.1, 0.15) is 5.54 Å². The molecule has 0 heterocycles. The molecule has 6 nitrogen and oxygen atoms in total. The van der Waals surface area contributed by atoms with Crippen LogP contribution < -0.4 is 11.1 Å². The summed E-state index contributed by atoms with van der Waals surface area (Å²) in [6, 6.07) is 0. The van der Waals surface area contributed by atoms with Crippen molar-refractivity contribution in [3.63, 3.8) is 0 Å². The Morgan fingerprint density at radius 3 is 2.62 bits per heavy atom. The van der Waals surface area contributed by atoms with Gasteiger partial charge in [-0.3, -0.25) is 4.79 Å². The zero-order valence-corrected chi connectivity index (χ0v) is 13.9. The number of carbonyl (C=O) groups excluding carboxylic acids is 1. The molecule has 1 fully saturated rings. The number of aliphatic hydroxyl groups is 1. The minimum Gasteiger partial charge on any atom is -0.388 e. The second-order valence-corrected chi connectivity index (χ2v) is 6.76. The van der Waals surface area contributed by atoms with Crippen LogP contribution in [0.1, 0.15) is 40.5 Å². The summed E-state index contributed by atoms with van der Waals surface area (Å²) in [5.74, 6) is -0.235. The normalized spacial score (nSPS) is 30.3. The van der Waals surface area contributed by atoms with E-state index in [-0.39, 0.29) is 18.6 Å². The molecule has 4 N–H and O–H groups in total. The lowest BCUT2D eigenvalue weighted by Crippen LogP contribution is -2.76. The van der Waals surface area contributed by atoms with Gasteiger partial charge in [-0.1, -0.05) is 13.8 Å². The van der Waals surface area contributed by atoms with E-state index in [2.05, 4.69) is 5.32 Å². The molecule has 21 heavy (non-hydrogen) atoms. The van der Waals surface area contributed by atoms with Crippen LogP contribution in [0.2, 0.25) is 0 Å². The van der Waals surface area contributed by atoms with Crippen LogP contribution in [0.5, 0.6) is 0 Å². The largest absolute Gasteiger partial charge is 0.388 e. The number of ether oxygens (including phenoxy) is 2. The van der Waals surface area contributed by atoms with Crippen molar-refractivity contribution in [3.8, 4) is 0 Å². The summed E-state index contributed by atoms with van der Waals surface area (Å²) in [4.78, 5) is 12.4. The highest BCUT2D eigenvalue weighted by Crippen LogP contribution is 2.49. The standard InChI is InChI=1S/C15H30N2O4/c1-6-21-11-9-15(16,13(11,2)3)12(18)17-10-14(4,19)7-8-20-5/h11,19H,6-10,16H2,1-5H3,(H,17,18). The van der Waals surface area contributed by atoms with Gasteiger partial charge in [0, 0.05) is 45.1 Å². The Hall–Kier alpha value is -0.690. The Morgan fingerprint density at radius 2 is 2.14 bits per heavy atom. The lowest BCUT2D eigenvalue weighted by Gasteiger charge is -2.57. The van der Waals surface area contributed by atoms with Crippen LogP contribution >= 0.6 is 0 Å². The smallest absolute Gasteiger partial charge is 0.240 e. The lowest BCUT2D eigenvalue weighted by molar-refractivity contribution is -0.171. The molecule has 6 heteroatoms. The summed E-state index contributed by atoms with van der Waals surface area (Å²) in [6.07, 6.45) is 0.943. The molecular formula is C15H30N2O4. The fourth-order valence-electron chi connectivity index (χ4n) is 2.66. The van der Waals surface area contributed by atoms with Crippen molar-refractivity contribution in [2.45, 2.75) is 57.8 Å². The maximum Gasteiger partial charge on any atom is 0.240 e. The Labute approximate surface area is 127 Å². The molecule has 3 unspecified atom stereocenters. The molecule has 1 rings (SSSR count). The minimum absolute atomic E-state index is 0.00717. The van der Waals surface area contributed by atoms with E-state index < -0.39 is 16.6 Å². The molecule has 1 amide bonds. The summed E-state index contributed by atoms with van der Waals surface area (Å²) in [6.45, 7) is 8.69. The first-order chi connectivity index (χ1) is 9.60. The van der Waals surface area contributed by atoms with Crippen molar-refractivity contribution in [1.29, 1.82) is 0 Å². The van der Waals surface area contributed by atoms with E-state index in [9.17, 15) is 9.90 Å². The summed E-state index contributed by atoms with van der Waals surface area (Å²) < 4.78 is 10.6. The van der Waals surface area contributed by atoms with Crippen LogP contribution in [0.25, 0.3) is 0 Å². The molecule has 0 aromatic carbocycles. The van der Waals surface area contributed by atoms with Gasteiger partial charge < -0.3 is 25.6 Å². The summed E-state index contributed by atoms with van der Waals surface area (Å²) in [7, 11) is 1.58. The molecule has 1 saturated carbocycles. The van der Waals surface area contributed by atoms with Crippen molar-refractivity contribution >= 4 is 5.91 Å². The topological polar surface area (TPSA) is 93.8 Å². The van der Waals surface area contributed by atoms with Crippen molar-refractivity contribution in [2.75, 3.05) is 26.9 Å². The Morgan fingerprint density at radius 1 is 1.52 bits per heavy atom. The maximum absolute atomic E-state index is 12.4. The van der Waals surface area contributed by atoms with E-state index in [1.807, 2.05) is 20.8 Å². The number of nitrogens with two attached hydrogens (primary N) is 1. The average molecular weight is 302 g/mol. The van der Waals surface area contributed by atoms with Crippen molar-refractivity contribution in [1.82, 2.24) is 5.32 Å². The number of nitrogens with one attached hydrogen (secondary N) is 1. The van der Waals surface area contributed by atoms with Crippen molar-refractivity contribution in [2.24, 2.45) is 11.1 Å². The van der Waals surface area contributed by atoms with Gasteiger partial charge in [-0.05, 0) is 13.8 Å². The number of methoxy groups -OCH3 is 1. The third-order valence-electron chi connectivity index (χ3n) is 4.71. The quantitative estimate of drug-likeness (QED) is 0.604. The van der Waals surface area contributed by atoms with Crippen molar-refractivity contribution < 1.29 is 19.4 Å². The SMILES string of the molecule is CCOC1CC(N)(C(=O)NCC(C)(O)CCOC)C1(C)C. The number of amides is 1. The molecule has 124 valence electrons. The molecular weight excluding hydrogens is 272 g/mol. The fraction of sp³-hybridized carbons (Fsp3) is 0.933. The summed E-state index contributed by atoms with van der Waals surface area (Å²) >= 11 is 0. The van der Waals surface area contributed by atoms with E-state index in [4.69, 9.17) is 15.2 Å². The number of rotatable bonds is 8. The molecule has 1 aliphatic carbocycles. The van der Waals surface area contributed by atoms with Crippen LogP contribution in [-0.2, 0) is 14.3 Å². The first-order valence-electron chi connectivity index (χ1n) is 7.51. The minimum atomic E-state index is -1.00. The van der Waals surface area contributed by atoms with Crippen LogP contribution in [0.3, 0.4) is 0 Å². The maximum atomic E-state index is 12.4. The Balaban J connectivity index is 2.56. The van der Waals surface area contributed by atoms with Gasteiger partial charge in [-0.2, -0.15) is 0 Å². The van der Waals surface area contributed by atoms with E-state index in [0.29, 0.717) is 26.1 Å². The van der Waals surface area contributed by atoms with E-state index in [0.717, 1.165) is 0 Å². The van der Waals surface area contributed by atoms with Crippen LogP contribution in [-0.4, -0.2) is 55.1 Å². The molecule has 0 aliphatic heterocycles. The van der Waals surface area contributed by atoms with Gasteiger partial charge in [0.25, 0.3) is 0 Å². The van der Waals surface area contributed by atoms with Gasteiger partial charge in [-0.25, -0.2) is 0 Å². The highest BCUT2D eigenvalue weighted by Gasteiger charge is 2.62. The Bertz CT molecular complexity index is 371. The lowest BCUT2D eigenvalue weighted by atomic mass is 9.54. The predicted molar refractivity (Wildman–Crippen MR) is 80.9 cm³/mol. The summed E-state index contributed by atoms with van der Waals surface area (Å²) in [5, 5.41) is 12.9. The number of hydrogen-bond acceptors (Lipinski definition) is 5. The zero-order valence-electron chi connectivity index (χ0n) is 13.9. The fourth-order valence-corrected chi connectivity index (χ4v) is 2.66. The first kappa shape index (κ1) is 18.4. The van der Waals surface area contributed by atoms with Gasteiger partial charge in [0.2, 0.25) is 5.91 Å². The molecule has 0 aromatic rings. The van der Waals surface area contributed by atoms with Gasteiger partial charge >= 0.3 is 0 Å². The van der Waals surface area contributed by atoms with Crippen LogP contribution in [0, 0.1) is 5.41 Å². The van der Waals surface area contributed by atoms with E-state index >= 15 is 0 Å². The molecule has 0 radical (unpaired) electrons. The average Bonchev–Trinajstić information content (AvgIpc) is 2.42. The van der Waals surface area contributed by atoms with Gasteiger partial charge in [0.15, 0.2) is 0 Å². The molecule has 0 bridgehead atoms. The molecule has 1 aliphatic rings. The van der Waals surface area contributed by atoms with Crippen molar-refractivity contribution in [3.05, 3.63) is 0 Å². The molecule has 0 aromatic heterocycles. The van der Waals surface area contributed by atoms with Crippen LogP contribution in [0.15, 0.2) is 0 Å². The van der Waals surface area contributed by atoms with Gasteiger partial charge in [0.05, 0.1) is 11.7 Å². The molecule has 3 atom stereocenters. The predicted octanol–water partition coefficient (Wildman–Crippen LogP) is 0.423. The highest BCUT2D eigenvalue weighted by atomic mass is 16.5. The van der Waals surface area contributed by atoms with E-state index in [1.165, 1.54) is 0 Å². The summed E-state index contributed by atoms with van der Waals surface area (Å²) in [5.41, 5.74) is 3.89. The third kappa shape index (κ3) is 3.74. The third-order valence-corrected chi connectivity index (χ3v) is 4.71. The first-order valence-corrected chi connectivity index (χ1v) is 7.51. The zero-order chi connectivity index (χ0) is 16.3. The van der Waals surface area contributed by atoms with Gasteiger partial charge in [-0.15, -0.1) is 0 Å². The Kier molecular flexibility index (Phi) is 5.77. The highest BCUT2D eigenvalue weighted by molar-refractivity contribution is 5.88. The number of hydrogen-bond donors (Lipinski definition) is 3. The molecule has 0 saturated heterocycles. The second kappa shape index (κ2) is 6.60.